The maximum absolute atomic E-state index is 6.50. The molecule has 6 heteroatoms. The number of nitrogens with zero attached hydrogens (tertiary/aromatic N) is 1. The third-order valence-electron chi connectivity index (χ3n) is 4.08. The molecule has 0 aliphatic carbocycles. The molecular formula is C22H22Cl2N2O2. The number of aromatic nitrogens is 1. The summed E-state index contributed by atoms with van der Waals surface area (Å²) in [5.41, 5.74) is 3.03. The number of halogens is 2. The summed E-state index contributed by atoms with van der Waals surface area (Å²) in [7, 11) is 0. The number of benzene rings is 2. The summed E-state index contributed by atoms with van der Waals surface area (Å²) in [6.45, 7) is 4.14. The fraction of sp³-hybridized carbons (Fsp3) is 0.227. The normalized spacial score (nSPS) is 10.7. The lowest BCUT2D eigenvalue weighted by molar-refractivity contribution is 0.269. The van der Waals surface area contributed by atoms with Crippen molar-refractivity contribution < 1.29 is 9.47 Å². The third kappa shape index (κ3) is 5.61. The Morgan fingerprint density at radius 1 is 0.929 bits per heavy atom. The predicted octanol–water partition coefficient (Wildman–Crippen LogP) is 5.66. The lowest BCUT2D eigenvalue weighted by Crippen LogP contribution is -2.13. The van der Waals surface area contributed by atoms with E-state index in [4.69, 9.17) is 32.7 Å². The maximum Gasteiger partial charge on any atom is 0.180 e. The van der Waals surface area contributed by atoms with Crippen molar-refractivity contribution in [2.45, 2.75) is 26.6 Å². The van der Waals surface area contributed by atoms with Crippen LogP contribution in [0, 0.1) is 0 Å². The summed E-state index contributed by atoms with van der Waals surface area (Å²) in [6, 6.07) is 15.4. The zero-order valence-corrected chi connectivity index (χ0v) is 17.1. The molecule has 0 radical (unpaired) electrons. The molecule has 1 aromatic heterocycles. The van der Waals surface area contributed by atoms with Crippen molar-refractivity contribution >= 4 is 23.2 Å². The van der Waals surface area contributed by atoms with Gasteiger partial charge in [0.05, 0.1) is 11.6 Å². The van der Waals surface area contributed by atoms with Crippen LogP contribution in [-0.2, 0) is 19.7 Å². The first-order valence-corrected chi connectivity index (χ1v) is 9.84. The van der Waals surface area contributed by atoms with Gasteiger partial charge in [0, 0.05) is 36.1 Å². The molecule has 0 fully saturated rings. The fourth-order valence-corrected chi connectivity index (χ4v) is 3.22. The molecule has 0 spiro atoms. The Bertz CT molecular complexity index is 904. The first-order valence-electron chi connectivity index (χ1n) is 9.08. The van der Waals surface area contributed by atoms with E-state index in [9.17, 15) is 0 Å². The lowest BCUT2D eigenvalue weighted by atomic mass is 10.2. The SMILES string of the molecule is CCOc1cc(CNCc2cccnc2)cc(Cl)c1OCc1ccccc1Cl. The Morgan fingerprint density at radius 3 is 2.50 bits per heavy atom. The zero-order valence-electron chi connectivity index (χ0n) is 15.6. The first-order chi connectivity index (χ1) is 13.7. The van der Waals surface area contributed by atoms with E-state index in [1.54, 1.807) is 6.20 Å². The van der Waals surface area contributed by atoms with Gasteiger partial charge in [-0.25, -0.2) is 0 Å². The van der Waals surface area contributed by atoms with E-state index in [-0.39, 0.29) is 0 Å². The van der Waals surface area contributed by atoms with Gasteiger partial charge in [-0.15, -0.1) is 0 Å². The van der Waals surface area contributed by atoms with Gasteiger partial charge in [-0.2, -0.15) is 0 Å². The third-order valence-corrected chi connectivity index (χ3v) is 4.73. The van der Waals surface area contributed by atoms with Crippen LogP contribution in [0.5, 0.6) is 11.5 Å². The fourth-order valence-electron chi connectivity index (χ4n) is 2.75. The molecule has 0 amide bonds. The van der Waals surface area contributed by atoms with Gasteiger partial charge in [-0.1, -0.05) is 47.5 Å². The van der Waals surface area contributed by atoms with Gasteiger partial charge < -0.3 is 14.8 Å². The minimum atomic E-state index is 0.318. The van der Waals surface area contributed by atoms with E-state index < -0.39 is 0 Å². The molecule has 0 atom stereocenters. The molecule has 0 bridgehead atoms. The van der Waals surface area contributed by atoms with Crippen LogP contribution in [-0.4, -0.2) is 11.6 Å². The average molecular weight is 417 g/mol. The monoisotopic (exact) mass is 416 g/mol. The van der Waals surface area contributed by atoms with E-state index >= 15 is 0 Å². The van der Waals surface area contributed by atoms with Gasteiger partial charge in [0.2, 0.25) is 0 Å². The molecule has 3 aromatic rings. The van der Waals surface area contributed by atoms with Gasteiger partial charge in [-0.3, -0.25) is 4.98 Å². The highest BCUT2D eigenvalue weighted by Gasteiger charge is 2.13. The summed E-state index contributed by atoms with van der Waals surface area (Å²) in [4.78, 5) is 4.12. The molecule has 0 aliphatic heterocycles. The Kier molecular flexibility index (Phi) is 7.54. The van der Waals surface area contributed by atoms with Gasteiger partial charge in [0.15, 0.2) is 11.5 Å². The summed E-state index contributed by atoms with van der Waals surface area (Å²) >= 11 is 12.7. The molecule has 4 nitrogen and oxygen atoms in total. The highest BCUT2D eigenvalue weighted by Crippen LogP contribution is 2.37. The molecule has 3 rings (SSSR count). The van der Waals surface area contributed by atoms with Crippen LogP contribution in [0.2, 0.25) is 10.0 Å². The lowest BCUT2D eigenvalue weighted by Gasteiger charge is -2.16. The molecular weight excluding hydrogens is 395 g/mol. The summed E-state index contributed by atoms with van der Waals surface area (Å²) in [5.74, 6) is 1.15. The van der Waals surface area contributed by atoms with Crippen LogP contribution >= 0.6 is 23.2 Å². The number of pyridine rings is 1. The zero-order chi connectivity index (χ0) is 19.8. The largest absolute Gasteiger partial charge is 0.490 e. The molecule has 0 saturated heterocycles. The summed E-state index contributed by atoms with van der Waals surface area (Å²) in [5, 5.41) is 4.56. The Hall–Kier alpha value is -2.27. The van der Waals surface area contributed by atoms with Crippen LogP contribution in [0.4, 0.5) is 0 Å². The van der Waals surface area contributed by atoms with Gasteiger partial charge in [-0.05, 0) is 42.3 Å². The van der Waals surface area contributed by atoms with Crippen molar-refractivity contribution in [1.29, 1.82) is 0 Å². The number of rotatable bonds is 9. The predicted molar refractivity (Wildman–Crippen MR) is 113 cm³/mol. The second-order valence-electron chi connectivity index (χ2n) is 6.18. The molecule has 146 valence electrons. The van der Waals surface area contributed by atoms with E-state index in [2.05, 4.69) is 10.3 Å². The van der Waals surface area contributed by atoms with Crippen molar-refractivity contribution in [3.8, 4) is 11.5 Å². The maximum atomic E-state index is 6.50. The van der Waals surface area contributed by atoms with Crippen LogP contribution in [0.25, 0.3) is 0 Å². The topological polar surface area (TPSA) is 43.4 Å². The Labute approximate surface area is 175 Å². The van der Waals surface area contributed by atoms with Crippen molar-refractivity contribution in [2.75, 3.05) is 6.61 Å². The molecule has 0 unspecified atom stereocenters. The van der Waals surface area contributed by atoms with Crippen molar-refractivity contribution in [2.24, 2.45) is 0 Å². The van der Waals surface area contributed by atoms with Crippen molar-refractivity contribution in [3.05, 3.63) is 87.7 Å². The number of ether oxygens (including phenoxy) is 2. The van der Waals surface area contributed by atoms with Crippen LogP contribution in [0.3, 0.4) is 0 Å². The highest BCUT2D eigenvalue weighted by atomic mass is 35.5. The van der Waals surface area contributed by atoms with Gasteiger partial charge >= 0.3 is 0 Å². The number of nitrogens with one attached hydrogen (secondary N) is 1. The summed E-state index contributed by atoms with van der Waals surface area (Å²) < 4.78 is 11.7. The van der Waals surface area contributed by atoms with Crippen molar-refractivity contribution in [1.82, 2.24) is 10.3 Å². The van der Waals surface area contributed by atoms with Crippen LogP contribution < -0.4 is 14.8 Å². The first kappa shape index (κ1) is 20.5. The van der Waals surface area contributed by atoms with Crippen molar-refractivity contribution in [3.63, 3.8) is 0 Å². The summed E-state index contributed by atoms with van der Waals surface area (Å²) in [6.07, 6.45) is 3.61. The number of hydrogen-bond donors (Lipinski definition) is 1. The number of hydrogen-bond acceptors (Lipinski definition) is 4. The molecule has 28 heavy (non-hydrogen) atoms. The molecule has 0 saturated carbocycles. The molecule has 1 heterocycles. The van der Waals surface area contributed by atoms with E-state index in [1.807, 2.05) is 61.7 Å². The Morgan fingerprint density at radius 2 is 1.75 bits per heavy atom. The van der Waals surface area contributed by atoms with E-state index in [1.165, 1.54) is 0 Å². The molecule has 1 N–H and O–H groups in total. The highest BCUT2D eigenvalue weighted by molar-refractivity contribution is 6.32. The second kappa shape index (κ2) is 10.3. The van der Waals surface area contributed by atoms with Crippen LogP contribution in [0.15, 0.2) is 60.9 Å². The van der Waals surface area contributed by atoms with E-state index in [0.29, 0.717) is 41.3 Å². The van der Waals surface area contributed by atoms with E-state index in [0.717, 1.165) is 23.2 Å². The minimum absolute atomic E-state index is 0.318. The molecule has 2 aromatic carbocycles. The van der Waals surface area contributed by atoms with Gasteiger partial charge in [0.25, 0.3) is 0 Å². The molecule has 0 aliphatic rings. The van der Waals surface area contributed by atoms with Gasteiger partial charge in [0.1, 0.15) is 6.61 Å². The Balaban J connectivity index is 1.69. The quantitative estimate of drug-likeness (QED) is 0.488. The minimum Gasteiger partial charge on any atom is -0.490 e. The average Bonchev–Trinajstić information content (AvgIpc) is 2.70. The van der Waals surface area contributed by atoms with Crippen LogP contribution in [0.1, 0.15) is 23.6 Å². The smallest absolute Gasteiger partial charge is 0.180 e. The second-order valence-corrected chi connectivity index (χ2v) is 7.00. The standard InChI is InChI=1S/C22H22Cl2N2O2/c1-2-27-21-11-17(14-26-13-16-6-5-9-25-12-16)10-20(24)22(21)28-15-18-7-3-4-8-19(18)23/h3-12,26H,2,13-15H2,1H3.